The van der Waals surface area contributed by atoms with Gasteiger partial charge < -0.3 is 0 Å². The van der Waals surface area contributed by atoms with E-state index in [2.05, 4.69) is 62.3 Å². The molecule has 0 nitrogen and oxygen atoms in total. The van der Waals surface area contributed by atoms with E-state index in [1.165, 1.54) is 51.4 Å². The molecule has 0 saturated heterocycles. The molecule has 0 aromatic carbocycles. The molecule has 4 fully saturated rings. The largest absolute Gasteiger partial charge is 0.248 e. The third-order valence-corrected chi connectivity index (χ3v) is 8.49. The summed E-state index contributed by atoms with van der Waals surface area (Å²) in [6.45, 7) is 20.0. The fraction of sp³-hybridized carbons (Fsp3) is 1.00. The third kappa shape index (κ3) is 14.7. The van der Waals surface area contributed by atoms with Crippen LogP contribution in [0.25, 0.3) is 0 Å². The van der Waals surface area contributed by atoms with Crippen molar-refractivity contribution in [2.45, 2.75) is 170 Å². The summed E-state index contributed by atoms with van der Waals surface area (Å²) in [5.74, 6) is 2.01. The maximum Gasteiger partial charge on any atom is 0.248 e. The smallest absolute Gasteiger partial charge is 0.244 e. The summed E-state index contributed by atoms with van der Waals surface area (Å²) >= 11 is 0. The van der Waals surface area contributed by atoms with Crippen molar-refractivity contribution in [3.05, 3.63) is 0 Å². The van der Waals surface area contributed by atoms with Gasteiger partial charge >= 0.3 is 0 Å². The summed E-state index contributed by atoms with van der Waals surface area (Å²) in [6, 6.07) is 0. The molecule has 0 aliphatic heterocycles. The number of hydrogen-bond acceptors (Lipinski definition) is 0. The van der Waals surface area contributed by atoms with E-state index in [0.717, 1.165) is 55.3 Å². The molecule has 0 amide bonds. The van der Waals surface area contributed by atoms with Crippen molar-refractivity contribution in [2.75, 3.05) is 0 Å². The minimum absolute atomic E-state index is 0.130. The Morgan fingerprint density at radius 1 is 0.583 bits per heavy atom. The minimum Gasteiger partial charge on any atom is -0.244 e. The molecule has 4 saturated carbocycles. The van der Waals surface area contributed by atoms with Gasteiger partial charge in [-0.3, -0.25) is 0 Å². The van der Waals surface area contributed by atoms with E-state index < -0.39 is 11.6 Å². The fourth-order valence-corrected chi connectivity index (χ4v) is 6.48. The Morgan fingerprint density at radius 2 is 1.03 bits per heavy atom. The summed E-state index contributed by atoms with van der Waals surface area (Å²) in [6.07, 6.45) is 16.6. The first-order chi connectivity index (χ1) is 16.5. The molecule has 0 aromatic heterocycles. The van der Waals surface area contributed by atoms with Gasteiger partial charge in [0.25, 0.3) is 0 Å². The lowest BCUT2D eigenvalue weighted by atomic mass is 9.66. The highest BCUT2D eigenvalue weighted by Crippen LogP contribution is 2.46. The average Bonchev–Trinajstić information content (AvgIpc) is 2.61. The standard InChI is InChI=1S/C9H18.C8H14F2.C8H15F.C8H16/c1-8(2)7-9(3)5-4-6-9;1-6(2)3-7-4-8(9,10)5-7;1-7(2)6-8(9)4-3-5-8;1-7(2)6-8-4-3-5-8/h8H,4-7H2,1-3H3;6-7H,3-5H2,1-2H3;7H,3-6H2,1-2H3;7-8H,3-6H2,1-2H3. The SMILES string of the molecule is CC(C)CC1(C)CCC1.CC(C)CC1(F)CCC1.CC(C)CC1CC(F)(F)C1.CC(C)CC1CCC1. The predicted octanol–water partition coefficient (Wildman–Crippen LogP) is 12.1. The number of alkyl halides is 3. The van der Waals surface area contributed by atoms with Crippen molar-refractivity contribution >= 4 is 0 Å². The number of hydrogen-bond donors (Lipinski definition) is 0. The van der Waals surface area contributed by atoms with Crippen LogP contribution in [0.3, 0.4) is 0 Å². The van der Waals surface area contributed by atoms with Crippen molar-refractivity contribution in [1.29, 1.82) is 0 Å². The maximum absolute atomic E-state index is 13.2. The van der Waals surface area contributed by atoms with E-state index in [9.17, 15) is 13.2 Å². The van der Waals surface area contributed by atoms with Gasteiger partial charge in [-0.25, -0.2) is 13.2 Å². The van der Waals surface area contributed by atoms with Crippen LogP contribution in [0.2, 0.25) is 0 Å². The van der Waals surface area contributed by atoms with Crippen LogP contribution in [0.15, 0.2) is 0 Å². The normalized spacial score (nSPS) is 23.7. The molecule has 0 N–H and O–H groups in total. The van der Waals surface area contributed by atoms with Gasteiger partial charge in [0.2, 0.25) is 5.92 Å². The first-order valence-corrected chi connectivity index (χ1v) is 15.6. The highest BCUT2D eigenvalue weighted by Gasteiger charge is 2.44. The molecule has 0 bridgehead atoms. The van der Waals surface area contributed by atoms with Crippen molar-refractivity contribution in [3.8, 4) is 0 Å². The Balaban J connectivity index is 0.000000241. The van der Waals surface area contributed by atoms with Gasteiger partial charge in [-0.1, -0.05) is 88.0 Å². The van der Waals surface area contributed by atoms with Crippen molar-refractivity contribution in [3.63, 3.8) is 0 Å². The van der Waals surface area contributed by atoms with Crippen LogP contribution in [-0.4, -0.2) is 11.6 Å². The van der Waals surface area contributed by atoms with Crippen molar-refractivity contribution in [2.24, 2.45) is 40.9 Å². The van der Waals surface area contributed by atoms with Gasteiger partial charge in [-0.15, -0.1) is 0 Å². The molecule has 0 heterocycles. The topological polar surface area (TPSA) is 0 Å². The van der Waals surface area contributed by atoms with Gasteiger partial charge in [-0.05, 0) is 98.7 Å². The lowest BCUT2D eigenvalue weighted by Crippen LogP contribution is -2.35. The van der Waals surface area contributed by atoms with Crippen molar-refractivity contribution < 1.29 is 13.2 Å². The quantitative estimate of drug-likeness (QED) is 0.301. The van der Waals surface area contributed by atoms with Crippen LogP contribution in [0.4, 0.5) is 13.2 Å². The Hall–Kier alpha value is -0.210. The Labute approximate surface area is 224 Å². The third-order valence-electron chi connectivity index (χ3n) is 8.49. The molecule has 216 valence electrons. The molecule has 0 aromatic rings. The molecular weight excluding hydrogens is 453 g/mol. The Bertz CT molecular complexity index is 529. The molecule has 4 aliphatic rings. The van der Waals surface area contributed by atoms with Gasteiger partial charge in [0, 0.05) is 12.8 Å². The summed E-state index contributed by atoms with van der Waals surface area (Å²) in [5, 5.41) is 0. The first-order valence-electron chi connectivity index (χ1n) is 15.6. The molecular formula is C33H63F3. The lowest BCUT2D eigenvalue weighted by molar-refractivity contribution is -0.114. The van der Waals surface area contributed by atoms with E-state index in [4.69, 9.17) is 0 Å². The highest BCUT2D eigenvalue weighted by atomic mass is 19.3. The second-order valence-corrected chi connectivity index (χ2v) is 15.1. The summed E-state index contributed by atoms with van der Waals surface area (Å²) in [7, 11) is 0. The van der Waals surface area contributed by atoms with Gasteiger partial charge in [0.1, 0.15) is 5.67 Å². The highest BCUT2D eigenvalue weighted by molar-refractivity contribution is 4.88. The predicted molar refractivity (Wildman–Crippen MR) is 152 cm³/mol. The van der Waals surface area contributed by atoms with Gasteiger partial charge in [0.15, 0.2) is 0 Å². The monoisotopic (exact) mass is 516 g/mol. The zero-order valence-corrected chi connectivity index (χ0v) is 25.7. The van der Waals surface area contributed by atoms with Crippen LogP contribution in [0, 0.1) is 40.9 Å². The fourth-order valence-electron chi connectivity index (χ4n) is 6.48. The van der Waals surface area contributed by atoms with E-state index in [-0.39, 0.29) is 12.8 Å². The van der Waals surface area contributed by atoms with Gasteiger partial charge in [0.05, 0.1) is 0 Å². The molecule has 0 unspecified atom stereocenters. The molecule has 4 rings (SSSR count). The van der Waals surface area contributed by atoms with E-state index in [1.807, 2.05) is 0 Å². The zero-order valence-electron chi connectivity index (χ0n) is 25.7. The lowest BCUT2D eigenvalue weighted by Gasteiger charge is -2.39. The molecule has 36 heavy (non-hydrogen) atoms. The molecule has 3 heteroatoms. The molecule has 0 spiro atoms. The van der Waals surface area contributed by atoms with Gasteiger partial charge in [-0.2, -0.15) is 0 Å². The van der Waals surface area contributed by atoms with Crippen LogP contribution in [0.5, 0.6) is 0 Å². The minimum atomic E-state index is -2.32. The summed E-state index contributed by atoms with van der Waals surface area (Å²) in [5.41, 5.74) is -0.0116. The first kappa shape index (κ1) is 33.8. The molecule has 0 atom stereocenters. The second-order valence-electron chi connectivity index (χ2n) is 15.1. The Kier molecular flexibility index (Phi) is 14.5. The van der Waals surface area contributed by atoms with Crippen molar-refractivity contribution in [1.82, 2.24) is 0 Å². The zero-order chi connectivity index (χ0) is 27.6. The average molecular weight is 517 g/mol. The number of halogens is 3. The summed E-state index contributed by atoms with van der Waals surface area (Å²) < 4.78 is 37.6. The van der Waals surface area contributed by atoms with Crippen LogP contribution in [0.1, 0.15) is 159 Å². The molecule has 0 radical (unpaired) electrons. The number of rotatable bonds is 8. The van der Waals surface area contributed by atoms with E-state index >= 15 is 0 Å². The molecule has 4 aliphatic carbocycles. The second kappa shape index (κ2) is 15.4. The van der Waals surface area contributed by atoms with E-state index in [1.54, 1.807) is 0 Å². The van der Waals surface area contributed by atoms with Crippen LogP contribution < -0.4 is 0 Å². The maximum atomic E-state index is 13.2. The summed E-state index contributed by atoms with van der Waals surface area (Å²) in [4.78, 5) is 0. The van der Waals surface area contributed by atoms with E-state index in [0.29, 0.717) is 17.8 Å². The Morgan fingerprint density at radius 3 is 1.19 bits per heavy atom. The van der Waals surface area contributed by atoms with Crippen LogP contribution in [-0.2, 0) is 0 Å². The van der Waals surface area contributed by atoms with Crippen LogP contribution >= 0.6 is 0 Å².